The number of fused-ring (bicyclic) bond motifs is 2. The van der Waals surface area contributed by atoms with E-state index in [1.807, 2.05) is 6.92 Å². The molecule has 0 saturated heterocycles. The van der Waals surface area contributed by atoms with Gasteiger partial charge in [0.1, 0.15) is 5.60 Å². The minimum absolute atomic E-state index is 0.0479. The lowest BCUT2D eigenvalue weighted by molar-refractivity contribution is -0.159. The van der Waals surface area contributed by atoms with E-state index in [1.54, 1.807) is 0 Å². The molecule has 0 aromatic rings. The minimum atomic E-state index is -0.244. The quantitative estimate of drug-likeness (QED) is 0.538. The first-order chi connectivity index (χ1) is 7.70. The fourth-order valence-corrected chi connectivity index (χ4v) is 3.29. The molecule has 0 spiro atoms. The van der Waals surface area contributed by atoms with Gasteiger partial charge in [-0.3, -0.25) is 4.79 Å². The topological polar surface area (TPSA) is 26.3 Å². The van der Waals surface area contributed by atoms with Gasteiger partial charge in [-0.05, 0) is 44.1 Å². The molecule has 0 amide bonds. The van der Waals surface area contributed by atoms with Gasteiger partial charge < -0.3 is 4.74 Å². The highest BCUT2D eigenvalue weighted by Crippen LogP contribution is 2.53. The lowest BCUT2D eigenvalue weighted by atomic mass is 9.83. The predicted octanol–water partition coefficient (Wildman–Crippen LogP) is 3.46. The summed E-state index contributed by atoms with van der Waals surface area (Å²) in [6.45, 7) is 3.99. The van der Waals surface area contributed by atoms with Gasteiger partial charge in [-0.2, -0.15) is 0 Å². The van der Waals surface area contributed by atoms with Crippen LogP contribution in [-0.2, 0) is 9.53 Å². The predicted molar refractivity (Wildman–Crippen MR) is 64.0 cm³/mol. The monoisotopic (exact) mass is 222 g/mol. The first-order valence-corrected chi connectivity index (χ1v) is 6.59. The molecule has 2 aliphatic carbocycles. The minimum Gasteiger partial charge on any atom is -0.455 e. The van der Waals surface area contributed by atoms with E-state index in [0.717, 1.165) is 18.8 Å². The molecule has 0 aliphatic heterocycles. The van der Waals surface area contributed by atoms with Crippen molar-refractivity contribution in [1.82, 2.24) is 0 Å². The summed E-state index contributed by atoms with van der Waals surface area (Å²) in [7, 11) is 0. The van der Waals surface area contributed by atoms with Crippen LogP contribution in [-0.4, -0.2) is 11.6 Å². The summed E-state index contributed by atoms with van der Waals surface area (Å²) >= 11 is 0. The van der Waals surface area contributed by atoms with Crippen molar-refractivity contribution in [3.05, 3.63) is 12.2 Å². The summed E-state index contributed by atoms with van der Waals surface area (Å²) in [5.74, 6) is 1.32. The number of carbonyl (C=O) groups excluding carboxylic acids is 1. The van der Waals surface area contributed by atoms with Gasteiger partial charge in [-0.15, -0.1) is 0 Å². The van der Waals surface area contributed by atoms with E-state index in [4.69, 9.17) is 4.74 Å². The van der Waals surface area contributed by atoms with Gasteiger partial charge in [0.05, 0.1) is 0 Å². The maximum Gasteiger partial charge on any atom is 0.306 e. The van der Waals surface area contributed by atoms with Crippen molar-refractivity contribution in [2.75, 3.05) is 0 Å². The van der Waals surface area contributed by atoms with Gasteiger partial charge in [0.15, 0.2) is 0 Å². The molecule has 0 radical (unpaired) electrons. The highest BCUT2D eigenvalue weighted by molar-refractivity contribution is 5.69. The Kier molecular flexibility index (Phi) is 3.36. The largest absolute Gasteiger partial charge is 0.455 e. The molecule has 0 N–H and O–H groups in total. The van der Waals surface area contributed by atoms with E-state index in [9.17, 15) is 4.79 Å². The van der Waals surface area contributed by atoms with Crippen LogP contribution in [0.4, 0.5) is 0 Å². The Balaban J connectivity index is 2.13. The number of ether oxygens (including phenoxy) is 1. The molecule has 2 aliphatic rings. The lowest BCUT2D eigenvalue weighted by Crippen LogP contribution is -2.38. The molecule has 0 aromatic carbocycles. The van der Waals surface area contributed by atoms with Crippen LogP contribution in [0.3, 0.4) is 0 Å². The lowest BCUT2D eigenvalue weighted by Gasteiger charge is -2.34. The van der Waals surface area contributed by atoms with Crippen molar-refractivity contribution in [3.63, 3.8) is 0 Å². The average Bonchev–Trinajstić information content (AvgIpc) is 2.86. The second-order valence-electron chi connectivity index (χ2n) is 5.17. The molecule has 0 heterocycles. The van der Waals surface area contributed by atoms with Crippen molar-refractivity contribution in [1.29, 1.82) is 0 Å². The number of carbonyl (C=O) groups is 1. The highest BCUT2D eigenvalue weighted by Gasteiger charge is 2.51. The van der Waals surface area contributed by atoms with E-state index >= 15 is 0 Å². The fraction of sp³-hybridized carbons (Fsp3) is 0.786. The molecule has 3 unspecified atom stereocenters. The van der Waals surface area contributed by atoms with Crippen molar-refractivity contribution >= 4 is 5.97 Å². The molecule has 2 saturated carbocycles. The smallest absolute Gasteiger partial charge is 0.306 e. The number of rotatable bonds is 4. The van der Waals surface area contributed by atoms with E-state index in [-0.39, 0.29) is 11.6 Å². The molecule has 2 nitrogen and oxygen atoms in total. The molecule has 2 heteroatoms. The Morgan fingerprint density at radius 1 is 1.44 bits per heavy atom. The molecule has 16 heavy (non-hydrogen) atoms. The number of allylic oxidation sites excluding steroid dienone is 1. The molecule has 2 fully saturated rings. The van der Waals surface area contributed by atoms with E-state index in [0.29, 0.717) is 12.3 Å². The van der Waals surface area contributed by atoms with E-state index in [1.165, 1.54) is 19.3 Å². The van der Waals surface area contributed by atoms with Gasteiger partial charge in [0.25, 0.3) is 0 Å². The summed E-state index contributed by atoms with van der Waals surface area (Å²) < 4.78 is 5.76. The Bertz CT molecular complexity index is 295. The maximum atomic E-state index is 11.6. The molecule has 2 rings (SSSR count). The SMILES string of the molecule is CC/C=C/C1(OC(=O)CC)CC2CCC1C2. The van der Waals surface area contributed by atoms with Crippen LogP contribution in [0.1, 0.15) is 52.4 Å². The van der Waals surface area contributed by atoms with Gasteiger partial charge >= 0.3 is 5.97 Å². The van der Waals surface area contributed by atoms with Gasteiger partial charge in [-0.25, -0.2) is 0 Å². The molecular weight excluding hydrogens is 200 g/mol. The second-order valence-corrected chi connectivity index (χ2v) is 5.17. The van der Waals surface area contributed by atoms with Crippen LogP contribution in [0.5, 0.6) is 0 Å². The standard InChI is InChI=1S/C14H22O2/c1-3-5-8-14(16-13(15)4-2)10-11-6-7-12(14)9-11/h5,8,11-12H,3-4,6-7,9-10H2,1-2H3/b8-5+. The Morgan fingerprint density at radius 2 is 2.25 bits per heavy atom. The van der Waals surface area contributed by atoms with Crippen LogP contribution in [0, 0.1) is 11.8 Å². The Morgan fingerprint density at radius 3 is 2.75 bits per heavy atom. The van der Waals surface area contributed by atoms with Gasteiger partial charge in [0.2, 0.25) is 0 Å². The Hall–Kier alpha value is -0.790. The van der Waals surface area contributed by atoms with Crippen molar-refractivity contribution < 1.29 is 9.53 Å². The summed E-state index contributed by atoms with van der Waals surface area (Å²) in [5, 5.41) is 0. The van der Waals surface area contributed by atoms with Crippen molar-refractivity contribution in [3.8, 4) is 0 Å². The van der Waals surface area contributed by atoms with Crippen LogP contribution in [0.2, 0.25) is 0 Å². The third-order valence-electron chi connectivity index (χ3n) is 4.07. The molecule has 3 atom stereocenters. The number of hydrogen-bond acceptors (Lipinski definition) is 2. The second kappa shape index (κ2) is 4.60. The van der Waals surface area contributed by atoms with E-state index < -0.39 is 0 Å². The summed E-state index contributed by atoms with van der Waals surface area (Å²) in [6, 6.07) is 0. The van der Waals surface area contributed by atoms with Gasteiger partial charge in [0, 0.05) is 12.3 Å². The molecular formula is C14H22O2. The number of esters is 1. The zero-order chi connectivity index (χ0) is 11.6. The molecule has 0 aromatic heterocycles. The van der Waals surface area contributed by atoms with Gasteiger partial charge in [-0.1, -0.05) is 19.9 Å². The average molecular weight is 222 g/mol. The third-order valence-corrected chi connectivity index (χ3v) is 4.07. The van der Waals surface area contributed by atoms with Crippen LogP contribution in [0.15, 0.2) is 12.2 Å². The molecule has 2 bridgehead atoms. The van der Waals surface area contributed by atoms with Crippen LogP contribution in [0.25, 0.3) is 0 Å². The first-order valence-electron chi connectivity index (χ1n) is 6.59. The Labute approximate surface area is 98.1 Å². The zero-order valence-corrected chi connectivity index (χ0v) is 10.4. The third kappa shape index (κ3) is 2.02. The highest BCUT2D eigenvalue weighted by atomic mass is 16.6. The summed E-state index contributed by atoms with van der Waals surface area (Å²) in [4.78, 5) is 11.6. The zero-order valence-electron chi connectivity index (χ0n) is 10.4. The first kappa shape index (κ1) is 11.7. The normalized spacial score (nSPS) is 37.1. The maximum absolute atomic E-state index is 11.6. The van der Waals surface area contributed by atoms with Crippen LogP contribution >= 0.6 is 0 Å². The number of hydrogen-bond donors (Lipinski definition) is 0. The summed E-state index contributed by atoms with van der Waals surface area (Å²) in [6.07, 6.45) is 10.7. The molecule has 90 valence electrons. The fourth-order valence-electron chi connectivity index (χ4n) is 3.29. The summed E-state index contributed by atoms with van der Waals surface area (Å²) in [5.41, 5.74) is -0.244. The van der Waals surface area contributed by atoms with Crippen molar-refractivity contribution in [2.45, 2.75) is 58.0 Å². The van der Waals surface area contributed by atoms with Crippen molar-refractivity contribution in [2.24, 2.45) is 11.8 Å². The van der Waals surface area contributed by atoms with Crippen LogP contribution < -0.4 is 0 Å². The van der Waals surface area contributed by atoms with E-state index in [2.05, 4.69) is 19.1 Å².